The van der Waals surface area contributed by atoms with Gasteiger partial charge in [-0.15, -0.1) is 0 Å². The van der Waals surface area contributed by atoms with Gasteiger partial charge in [0.05, 0.1) is 18.1 Å². The van der Waals surface area contributed by atoms with Gasteiger partial charge in [0.1, 0.15) is 5.82 Å². The quantitative estimate of drug-likeness (QED) is 0.850. The summed E-state index contributed by atoms with van der Waals surface area (Å²) in [6.07, 6.45) is 2.19. The molecule has 1 aromatic rings. The summed E-state index contributed by atoms with van der Waals surface area (Å²) in [5.41, 5.74) is 0. The molecule has 7 heteroatoms. The Balaban J connectivity index is 1.86. The third-order valence-electron chi connectivity index (χ3n) is 3.16. The van der Waals surface area contributed by atoms with E-state index in [4.69, 9.17) is 0 Å². The van der Waals surface area contributed by atoms with Crippen LogP contribution in [0.25, 0.3) is 0 Å². The summed E-state index contributed by atoms with van der Waals surface area (Å²) in [7, 11) is -1.15. The minimum atomic E-state index is -2.92. The second kappa shape index (κ2) is 5.66. The van der Waals surface area contributed by atoms with Crippen molar-refractivity contribution >= 4 is 21.6 Å². The number of sulfone groups is 1. The van der Waals surface area contributed by atoms with E-state index in [1.165, 1.54) is 0 Å². The average Bonchev–Trinajstić information content (AvgIpc) is 2.71. The standard InChI is InChI=1S/C12H17N3O3S/c1-15(10-5-7-19(17,18)9-10)8-12(16)14-11-4-2-3-6-13-11/h2-4,6,10H,5,7-9H2,1H3,(H,13,14,16). The van der Waals surface area contributed by atoms with Crippen LogP contribution >= 0.6 is 0 Å². The lowest BCUT2D eigenvalue weighted by Crippen LogP contribution is -2.38. The number of nitrogens with one attached hydrogen (secondary N) is 1. The Labute approximate surface area is 112 Å². The number of anilines is 1. The summed E-state index contributed by atoms with van der Waals surface area (Å²) >= 11 is 0. The number of pyridine rings is 1. The monoisotopic (exact) mass is 283 g/mol. The molecule has 6 nitrogen and oxygen atoms in total. The molecule has 1 unspecified atom stereocenters. The Kier molecular flexibility index (Phi) is 4.16. The molecule has 0 aliphatic carbocycles. The van der Waals surface area contributed by atoms with Crippen LogP contribution in [0.4, 0.5) is 5.82 Å². The van der Waals surface area contributed by atoms with Gasteiger partial charge in [-0.1, -0.05) is 6.07 Å². The summed E-state index contributed by atoms with van der Waals surface area (Å²) < 4.78 is 22.8. The minimum absolute atomic E-state index is 0.0699. The zero-order chi connectivity index (χ0) is 13.9. The summed E-state index contributed by atoms with van der Waals surface area (Å²) in [6.45, 7) is 0.163. The topological polar surface area (TPSA) is 79.4 Å². The second-order valence-electron chi connectivity index (χ2n) is 4.74. The molecule has 1 atom stereocenters. The molecule has 0 bridgehead atoms. The van der Waals surface area contributed by atoms with Crippen molar-refractivity contribution in [1.29, 1.82) is 0 Å². The molecule has 2 rings (SSSR count). The largest absolute Gasteiger partial charge is 0.310 e. The van der Waals surface area contributed by atoms with Gasteiger partial charge in [0.15, 0.2) is 9.84 Å². The Bertz CT molecular complexity index is 545. The zero-order valence-corrected chi connectivity index (χ0v) is 11.6. The van der Waals surface area contributed by atoms with E-state index in [1.54, 1.807) is 36.3 Å². The van der Waals surface area contributed by atoms with Crippen molar-refractivity contribution in [3.63, 3.8) is 0 Å². The number of nitrogens with zero attached hydrogens (tertiary/aromatic N) is 2. The highest BCUT2D eigenvalue weighted by Crippen LogP contribution is 2.16. The first-order valence-electron chi connectivity index (χ1n) is 6.08. The molecule has 0 radical (unpaired) electrons. The molecule has 0 spiro atoms. The number of hydrogen-bond acceptors (Lipinski definition) is 5. The van der Waals surface area contributed by atoms with Crippen LogP contribution < -0.4 is 5.32 Å². The lowest BCUT2D eigenvalue weighted by molar-refractivity contribution is -0.117. The Hall–Kier alpha value is -1.47. The van der Waals surface area contributed by atoms with Crippen molar-refractivity contribution < 1.29 is 13.2 Å². The van der Waals surface area contributed by atoms with E-state index in [1.807, 2.05) is 0 Å². The molecule has 0 aromatic carbocycles. The van der Waals surface area contributed by atoms with Gasteiger partial charge in [-0.05, 0) is 25.6 Å². The van der Waals surface area contributed by atoms with Gasteiger partial charge in [-0.3, -0.25) is 9.69 Å². The Morgan fingerprint density at radius 1 is 1.53 bits per heavy atom. The lowest BCUT2D eigenvalue weighted by Gasteiger charge is -2.22. The minimum Gasteiger partial charge on any atom is -0.310 e. The van der Waals surface area contributed by atoms with E-state index in [0.717, 1.165) is 0 Å². The normalized spacial score (nSPS) is 21.5. The maximum absolute atomic E-state index is 11.8. The fourth-order valence-corrected chi connectivity index (χ4v) is 3.90. The fourth-order valence-electron chi connectivity index (χ4n) is 2.10. The van der Waals surface area contributed by atoms with Crippen LogP contribution in [0.3, 0.4) is 0 Å². The van der Waals surface area contributed by atoms with E-state index < -0.39 is 9.84 Å². The average molecular weight is 283 g/mol. The van der Waals surface area contributed by atoms with Gasteiger partial charge in [0.2, 0.25) is 5.91 Å². The molecule has 1 saturated heterocycles. The molecule has 2 heterocycles. The molecule has 1 amide bonds. The summed E-state index contributed by atoms with van der Waals surface area (Å²) in [4.78, 5) is 17.6. The maximum Gasteiger partial charge on any atom is 0.239 e. The number of amides is 1. The van der Waals surface area contributed by atoms with Crippen molar-refractivity contribution in [2.75, 3.05) is 30.4 Å². The van der Waals surface area contributed by atoms with Crippen LogP contribution in [-0.4, -0.2) is 55.3 Å². The smallest absolute Gasteiger partial charge is 0.239 e. The molecule has 1 aliphatic rings. The molecule has 1 aromatic heterocycles. The van der Waals surface area contributed by atoms with Gasteiger partial charge in [0.25, 0.3) is 0 Å². The van der Waals surface area contributed by atoms with Crippen LogP contribution in [0.5, 0.6) is 0 Å². The van der Waals surface area contributed by atoms with Gasteiger partial charge in [0, 0.05) is 12.2 Å². The number of carbonyl (C=O) groups is 1. The molecular formula is C12H17N3O3S. The predicted molar refractivity (Wildman–Crippen MR) is 72.6 cm³/mol. The third-order valence-corrected chi connectivity index (χ3v) is 4.91. The molecular weight excluding hydrogens is 266 g/mol. The molecule has 0 saturated carbocycles. The first-order valence-corrected chi connectivity index (χ1v) is 7.90. The molecule has 104 valence electrons. The van der Waals surface area contributed by atoms with Crippen molar-refractivity contribution in [3.8, 4) is 0 Å². The highest BCUT2D eigenvalue weighted by molar-refractivity contribution is 7.91. The molecule has 1 aliphatic heterocycles. The number of aromatic nitrogens is 1. The van der Waals surface area contributed by atoms with Crippen LogP contribution in [-0.2, 0) is 14.6 Å². The predicted octanol–water partition coefficient (Wildman–Crippen LogP) is 0.139. The number of likely N-dealkylation sites (N-methyl/N-ethyl adjacent to an activating group) is 1. The van der Waals surface area contributed by atoms with Gasteiger partial charge >= 0.3 is 0 Å². The van der Waals surface area contributed by atoms with E-state index in [2.05, 4.69) is 10.3 Å². The summed E-state index contributed by atoms with van der Waals surface area (Å²) in [5.74, 6) is 0.662. The van der Waals surface area contributed by atoms with Gasteiger partial charge in [-0.25, -0.2) is 13.4 Å². The van der Waals surface area contributed by atoms with E-state index in [0.29, 0.717) is 12.2 Å². The molecule has 1 fully saturated rings. The summed E-state index contributed by atoms with van der Waals surface area (Å²) in [5, 5.41) is 2.68. The van der Waals surface area contributed by atoms with Gasteiger partial charge < -0.3 is 5.32 Å². The van der Waals surface area contributed by atoms with Crippen LogP contribution in [0, 0.1) is 0 Å². The van der Waals surface area contributed by atoms with Crippen LogP contribution in [0.2, 0.25) is 0 Å². The van der Waals surface area contributed by atoms with Gasteiger partial charge in [-0.2, -0.15) is 0 Å². The van der Waals surface area contributed by atoms with Crippen molar-refractivity contribution in [1.82, 2.24) is 9.88 Å². The SMILES string of the molecule is CN(CC(=O)Nc1ccccn1)C1CCS(=O)(=O)C1. The second-order valence-corrected chi connectivity index (χ2v) is 6.96. The number of rotatable bonds is 4. The highest BCUT2D eigenvalue weighted by atomic mass is 32.2. The molecule has 19 heavy (non-hydrogen) atoms. The van der Waals surface area contributed by atoms with Crippen molar-refractivity contribution in [3.05, 3.63) is 24.4 Å². The maximum atomic E-state index is 11.8. The Morgan fingerprint density at radius 3 is 2.89 bits per heavy atom. The number of carbonyl (C=O) groups excluding carboxylic acids is 1. The van der Waals surface area contributed by atoms with E-state index in [-0.39, 0.29) is 30.0 Å². The third kappa shape index (κ3) is 4.00. The van der Waals surface area contributed by atoms with E-state index >= 15 is 0 Å². The van der Waals surface area contributed by atoms with Crippen molar-refractivity contribution in [2.24, 2.45) is 0 Å². The number of hydrogen-bond donors (Lipinski definition) is 1. The first-order chi connectivity index (χ1) is 8.96. The summed E-state index contributed by atoms with van der Waals surface area (Å²) in [6, 6.07) is 5.19. The molecule has 1 N–H and O–H groups in total. The van der Waals surface area contributed by atoms with E-state index in [9.17, 15) is 13.2 Å². The Morgan fingerprint density at radius 2 is 2.32 bits per heavy atom. The van der Waals surface area contributed by atoms with Crippen LogP contribution in [0.15, 0.2) is 24.4 Å². The van der Waals surface area contributed by atoms with Crippen LogP contribution in [0.1, 0.15) is 6.42 Å². The fraction of sp³-hybridized carbons (Fsp3) is 0.500. The van der Waals surface area contributed by atoms with Crippen molar-refractivity contribution in [2.45, 2.75) is 12.5 Å². The first kappa shape index (κ1) is 14.0. The zero-order valence-electron chi connectivity index (χ0n) is 10.7. The lowest BCUT2D eigenvalue weighted by atomic mass is 10.2. The highest BCUT2D eigenvalue weighted by Gasteiger charge is 2.31.